The molecule has 1 aromatic carbocycles. The van der Waals surface area contributed by atoms with Crippen LogP contribution >= 0.6 is 23.2 Å². The van der Waals surface area contributed by atoms with Gasteiger partial charge in [0.2, 0.25) is 0 Å². The molecule has 3 N–H and O–H groups in total. The van der Waals surface area contributed by atoms with Gasteiger partial charge in [0, 0.05) is 11.6 Å². The first-order valence-corrected chi connectivity index (χ1v) is 4.89. The van der Waals surface area contributed by atoms with Crippen molar-refractivity contribution in [2.75, 3.05) is 0 Å². The van der Waals surface area contributed by atoms with Gasteiger partial charge in [-0.15, -0.1) is 0 Å². The van der Waals surface area contributed by atoms with Gasteiger partial charge in [0.1, 0.15) is 5.02 Å². The summed E-state index contributed by atoms with van der Waals surface area (Å²) in [5.41, 5.74) is 6.63. The molecule has 0 bridgehead atoms. The summed E-state index contributed by atoms with van der Waals surface area (Å²) in [6, 6.07) is 1.49. The van der Waals surface area contributed by atoms with E-state index in [2.05, 4.69) is 5.10 Å². The van der Waals surface area contributed by atoms with Crippen molar-refractivity contribution in [3.05, 3.63) is 37.9 Å². The fourth-order valence-electron chi connectivity index (χ4n) is 0.958. The molecular weight excluding hydrogens is 271 g/mol. The smallest absolute Gasteiger partial charge is 0.332 e. The van der Waals surface area contributed by atoms with Gasteiger partial charge in [-0.25, -0.2) is 10.2 Å². The average Bonchev–Trinajstić information content (AvgIpc) is 2.20. The second-order valence-electron chi connectivity index (χ2n) is 2.82. The molecule has 1 rings (SSSR count). The number of amides is 2. The Morgan fingerprint density at radius 3 is 2.65 bits per heavy atom. The number of carbonyl (C=O) groups is 1. The summed E-state index contributed by atoms with van der Waals surface area (Å²) < 4.78 is 0. The molecule has 0 saturated heterocycles. The van der Waals surface area contributed by atoms with E-state index >= 15 is 0 Å². The Morgan fingerprint density at radius 2 is 2.12 bits per heavy atom. The van der Waals surface area contributed by atoms with E-state index in [1.165, 1.54) is 6.07 Å². The van der Waals surface area contributed by atoms with Gasteiger partial charge in [-0.2, -0.15) is 5.10 Å². The predicted molar refractivity (Wildman–Crippen MR) is 63.4 cm³/mol. The molecule has 90 valence electrons. The molecule has 2 amide bonds. The quantitative estimate of drug-likeness (QED) is 0.500. The molecule has 0 heterocycles. The van der Waals surface area contributed by atoms with E-state index in [1.807, 2.05) is 5.43 Å². The van der Waals surface area contributed by atoms with Crippen LogP contribution in [0.4, 0.5) is 10.5 Å². The van der Waals surface area contributed by atoms with Crippen LogP contribution in [0.3, 0.4) is 0 Å². The van der Waals surface area contributed by atoms with Crippen molar-refractivity contribution in [3.63, 3.8) is 0 Å². The third-order valence-corrected chi connectivity index (χ3v) is 2.27. The second-order valence-corrected chi connectivity index (χ2v) is 3.63. The number of halogens is 2. The fourth-order valence-corrected chi connectivity index (χ4v) is 1.46. The number of carbonyl (C=O) groups excluding carboxylic acids is 1. The fraction of sp³-hybridized carbons (Fsp3) is 0. The van der Waals surface area contributed by atoms with Gasteiger partial charge in [-0.05, 0) is 6.07 Å². The Balaban J connectivity index is 3.07. The van der Waals surface area contributed by atoms with Crippen molar-refractivity contribution in [2.24, 2.45) is 10.8 Å². The molecule has 0 aromatic heterocycles. The molecule has 0 aliphatic heterocycles. The minimum atomic E-state index is -0.860. The van der Waals surface area contributed by atoms with Crippen LogP contribution in [0.15, 0.2) is 17.2 Å². The zero-order chi connectivity index (χ0) is 13.0. The van der Waals surface area contributed by atoms with Crippen molar-refractivity contribution >= 4 is 41.1 Å². The molecule has 0 radical (unpaired) electrons. The molecule has 1 aromatic rings. The first-order chi connectivity index (χ1) is 7.91. The number of urea groups is 1. The molecule has 0 spiro atoms. The molecule has 0 fully saturated rings. The summed E-state index contributed by atoms with van der Waals surface area (Å²) >= 11 is 11.4. The van der Waals surface area contributed by atoms with Gasteiger partial charge in [0.05, 0.1) is 16.2 Å². The maximum atomic E-state index is 10.6. The predicted octanol–water partition coefficient (Wildman–Crippen LogP) is 1.90. The number of hydrogen-bond acceptors (Lipinski definition) is 4. The van der Waals surface area contributed by atoms with E-state index in [0.717, 1.165) is 12.3 Å². The van der Waals surface area contributed by atoms with Crippen LogP contribution in [0.5, 0.6) is 0 Å². The highest BCUT2D eigenvalue weighted by Crippen LogP contribution is 2.29. The number of primary amides is 1. The lowest BCUT2D eigenvalue weighted by atomic mass is 10.2. The Bertz CT molecular complexity index is 504. The van der Waals surface area contributed by atoms with E-state index < -0.39 is 11.0 Å². The first-order valence-electron chi connectivity index (χ1n) is 4.13. The summed E-state index contributed by atoms with van der Waals surface area (Å²) in [6.07, 6.45) is 1.12. The second kappa shape index (κ2) is 5.46. The molecule has 7 nitrogen and oxygen atoms in total. The largest absolute Gasteiger partial charge is 0.350 e. The molecule has 0 atom stereocenters. The van der Waals surface area contributed by atoms with Gasteiger partial charge in [0.25, 0.3) is 5.69 Å². The van der Waals surface area contributed by atoms with Crippen LogP contribution in [-0.2, 0) is 0 Å². The molecule has 0 aliphatic rings. The van der Waals surface area contributed by atoms with E-state index in [4.69, 9.17) is 28.9 Å². The van der Waals surface area contributed by atoms with Gasteiger partial charge in [-0.1, -0.05) is 23.2 Å². The van der Waals surface area contributed by atoms with Crippen LogP contribution in [0.25, 0.3) is 0 Å². The standard InChI is InChI=1S/C8H6Cl2N4O3/c9-5-2-6(10)7(14(16)17)1-4(5)3-12-13-8(11)15/h1-3H,(H3,11,13,15)/b12-3-. The minimum Gasteiger partial charge on any atom is -0.350 e. The minimum absolute atomic E-state index is 0.0833. The number of nitro groups is 1. The van der Waals surface area contributed by atoms with Crippen LogP contribution in [0.2, 0.25) is 10.0 Å². The summed E-state index contributed by atoms with van der Waals surface area (Å²) in [7, 11) is 0. The van der Waals surface area contributed by atoms with Gasteiger partial charge in [-0.3, -0.25) is 10.1 Å². The Hall–Kier alpha value is -1.86. The monoisotopic (exact) mass is 276 g/mol. The maximum absolute atomic E-state index is 10.6. The topological polar surface area (TPSA) is 111 Å². The highest BCUT2D eigenvalue weighted by molar-refractivity contribution is 6.37. The third-order valence-electron chi connectivity index (χ3n) is 1.64. The van der Waals surface area contributed by atoms with Crippen LogP contribution in [0, 0.1) is 10.1 Å². The average molecular weight is 277 g/mol. The third kappa shape index (κ3) is 3.58. The molecule has 17 heavy (non-hydrogen) atoms. The first kappa shape index (κ1) is 13.2. The van der Waals surface area contributed by atoms with Gasteiger partial charge < -0.3 is 5.73 Å². The highest BCUT2D eigenvalue weighted by Gasteiger charge is 2.15. The summed E-state index contributed by atoms with van der Waals surface area (Å²) in [4.78, 5) is 20.3. The number of nitrogens with one attached hydrogen (secondary N) is 1. The van der Waals surface area contributed by atoms with Crippen molar-refractivity contribution in [1.29, 1.82) is 0 Å². The van der Waals surface area contributed by atoms with Crippen molar-refractivity contribution in [3.8, 4) is 0 Å². The number of nitro benzene ring substituents is 1. The Morgan fingerprint density at radius 1 is 1.47 bits per heavy atom. The normalized spacial score (nSPS) is 10.5. The molecule has 0 saturated carbocycles. The van der Waals surface area contributed by atoms with Crippen LogP contribution < -0.4 is 11.2 Å². The lowest BCUT2D eigenvalue weighted by Crippen LogP contribution is -2.24. The van der Waals surface area contributed by atoms with E-state index in [1.54, 1.807) is 0 Å². The van der Waals surface area contributed by atoms with Crippen LogP contribution in [-0.4, -0.2) is 17.2 Å². The van der Waals surface area contributed by atoms with Gasteiger partial charge >= 0.3 is 6.03 Å². The SMILES string of the molecule is NC(=O)N/N=C\c1cc([N+](=O)[O-])c(Cl)cc1Cl. The zero-order valence-corrected chi connectivity index (χ0v) is 9.70. The molecular formula is C8H6Cl2N4O3. The number of hydrogen-bond donors (Lipinski definition) is 2. The van der Waals surface area contributed by atoms with Crippen LogP contribution in [0.1, 0.15) is 5.56 Å². The van der Waals surface area contributed by atoms with Gasteiger partial charge in [0.15, 0.2) is 0 Å². The number of nitrogens with two attached hydrogens (primary N) is 1. The molecule has 9 heteroatoms. The van der Waals surface area contributed by atoms with Crippen molar-refractivity contribution in [2.45, 2.75) is 0 Å². The Kier molecular flexibility index (Phi) is 4.24. The Labute approximate surface area is 105 Å². The highest BCUT2D eigenvalue weighted by atomic mass is 35.5. The number of benzene rings is 1. The van der Waals surface area contributed by atoms with E-state index in [0.29, 0.717) is 0 Å². The zero-order valence-electron chi connectivity index (χ0n) is 8.18. The summed E-state index contributed by atoms with van der Waals surface area (Å²) in [6.45, 7) is 0. The van der Waals surface area contributed by atoms with Crippen molar-refractivity contribution in [1.82, 2.24) is 5.43 Å². The molecule has 0 aliphatic carbocycles. The summed E-state index contributed by atoms with van der Waals surface area (Å²) in [5.74, 6) is 0. The van der Waals surface area contributed by atoms with Crippen molar-refractivity contribution < 1.29 is 9.72 Å². The number of rotatable bonds is 3. The molecule has 0 unspecified atom stereocenters. The van der Waals surface area contributed by atoms with E-state index in [9.17, 15) is 14.9 Å². The number of hydrazone groups is 1. The lowest BCUT2D eigenvalue weighted by Gasteiger charge is -2.00. The van der Waals surface area contributed by atoms with E-state index in [-0.39, 0.29) is 21.3 Å². The lowest BCUT2D eigenvalue weighted by molar-refractivity contribution is -0.384. The number of nitrogens with zero attached hydrogens (tertiary/aromatic N) is 2. The maximum Gasteiger partial charge on any atom is 0.332 e. The summed E-state index contributed by atoms with van der Waals surface area (Å²) in [5, 5.41) is 14.1.